The van der Waals surface area contributed by atoms with Gasteiger partial charge in [0.1, 0.15) is 17.2 Å². The molecule has 3 N–H and O–H groups in total. The first-order valence-corrected chi connectivity index (χ1v) is 8.66. The van der Waals surface area contributed by atoms with Crippen LogP contribution in [0.2, 0.25) is 0 Å². The average Bonchev–Trinajstić information content (AvgIpc) is 2.86. The van der Waals surface area contributed by atoms with Crippen molar-refractivity contribution in [3.63, 3.8) is 0 Å². The topological polar surface area (TPSA) is 108 Å². The summed E-state index contributed by atoms with van der Waals surface area (Å²) >= 11 is 0. The molecule has 0 aromatic heterocycles. The second kappa shape index (κ2) is 5.45. The molecule has 1 spiro atoms. The first kappa shape index (κ1) is 17.3. The van der Waals surface area contributed by atoms with E-state index in [0.717, 1.165) is 0 Å². The van der Waals surface area contributed by atoms with Gasteiger partial charge in [0.2, 0.25) is 0 Å². The summed E-state index contributed by atoms with van der Waals surface area (Å²) in [6.07, 6.45) is 0.666. The van der Waals surface area contributed by atoms with E-state index >= 15 is 0 Å². The van der Waals surface area contributed by atoms with Gasteiger partial charge in [0, 0.05) is 24.1 Å². The number of hydrogen-bond donors (Lipinski definition) is 2. The number of Topliss-reactive ketones (excluding diaryl/α,β-unsaturated/α-hetero) is 1. The molecule has 140 valence electrons. The maximum Gasteiger partial charge on any atom is 0.339 e. The average molecular weight is 368 g/mol. The van der Waals surface area contributed by atoms with Crippen molar-refractivity contribution in [2.45, 2.75) is 32.1 Å². The molecule has 2 aliphatic heterocycles. The minimum absolute atomic E-state index is 0.0242. The molecule has 1 aromatic rings. The number of benzene rings is 1. The monoisotopic (exact) mass is 368 g/mol. The lowest BCUT2D eigenvalue weighted by Gasteiger charge is -2.37. The number of anilines is 1. The molecule has 0 amide bonds. The van der Waals surface area contributed by atoms with Gasteiger partial charge in [-0.3, -0.25) is 4.79 Å². The quantitative estimate of drug-likeness (QED) is 0.729. The molecule has 7 heteroatoms. The fourth-order valence-electron chi connectivity index (χ4n) is 4.36. The van der Waals surface area contributed by atoms with Gasteiger partial charge >= 0.3 is 11.9 Å². The third-order valence-corrected chi connectivity index (χ3v) is 5.37. The number of ether oxygens (including phenoxy) is 2. The van der Waals surface area contributed by atoms with Gasteiger partial charge in [0.05, 0.1) is 12.7 Å². The third kappa shape index (κ3) is 2.17. The number of para-hydroxylation sites is 1. The molecule has 0 bridgehead atoms. The Morgan fingerprint density at radius 2 is 1.93 bits per heavy atom. The summed E-state index contributed by atoms with van der Waals surface area (Å²) in [7, 11) is 1.21. The van der Waals surface area contributed by atoms with Crippen molar-refractivity contribution in [1.82, 2.24) is 0 Å². The van der Waals surface area contributed by atoms with Crippen molar-refractivity contribution < 1.29 is 23.9 Å². The maximum atomic E-state index is 13.3. The molecule has 4 rings (SSSR count). The molecule has 27 heavy (non-hydrogen) atoms. The number of carbonyl (C=O) groups is 3. The number of fused-ring (bicyclic) bond motifs is 3. The standard InChI is InChI=1S/C20H20N2O5/c1-19(2)8-12(23)14-13(9-19)27-18(25)20(14)10-6-4-5-7-11(10)22-16(21)15(20)17(24)26-3/h4-7,22H,8-9,21H2,1-3H3/t20-/m1/s1. The Kier molecular flexibility index (Phi) is 3.50. The number of esters is 2. The van der Waals surface area contributed by atoms with Crippen LogP contribution in [0.1, 0.15) is 32.3 Å². The first-order valence-electron chi connectivity index (χ1n) is 8.66. The van der Waals surface area contributed by atoms with E-state index in [1.165, 1.54) is 7.11 Å². The second-order valence-corrected chi connectivity index (χ2v) is 7.83. The molecule has 1 aliphatic carbocycles. The van der Waals surface area contributed by atoms with Crippen LogP contribution in [-0.2, 0) is 29.3 Å². The van der Waals surface area contributed by atoms with Gasteiger partial charge in [-0.15, -0.1) is 0 Å². The van der Waals surface area contributed by atoms with E-state index in [2.05, 4.69) is 5.32 Å². The van der Waals surface area contributed by atoms with E-state index in [4.69, 9.17) is 15.2 Å². The zero-order valence-corrected chi connectivity index (χ0v) is 15.3. The molecule has 0 saturated carbocycles. The van der Waals surface area contributed by atoms with Crippen molar-refractivity contribution in [2.24, 2.45) is 11.1 Å². The highest BCUT2D eigenvalue weighted by Gasteiger charge is 2.63. The van der Waals surface area contributed by atoms with Crippen molar-refractivity contribution >= 4 is 23.4 Å². The SMILES string of the molecule is COC(=O)C1=C(N)Nc2ccccc2[C@]12C(=O)OC1=C2C(=O)CC(C)(C)C1. The van der Waals surface area contributed by atoms with E-state index in [-0.39, 0.29) is 34.6 Å². The number of ketones is 1. The van der Waals surface area contributed by atoms with Gasteiger partial charge in [-0.25, -0.2) is 9.59 Å². The summed E-state index contributed by atoms with van der Waals surface area (Å²) in [4.78, 5) is 39.1. The highest BCUT2D eigenvalue weighted by Crippen LogP contribution is 2.56. The molecular weight excluding hydrogens is 348 g/mol. The van der Waals surface area contributed by atoms with Crippen LogP contribution < -0.4 is 11.1 Å². The highest BCUT2D eigenvalue weighted by atomic mass is 16.5. The van der Waals surface area contributed by atoms with Crippen LogP contribution in [0, 0.1) is 5.41 Å². The van der Waals surface area contributed by atoms with Gasteiger partial charge in [-0.2, -0.15) is 0 Å². The molecule has 0 saturated heterocycles. The zero-order chi connectivity index (χ0) is 19.6. The van der Waals surface area contributed by atoms with E-state index in [1.807, 2.05) is 13.8 Å². The van der Waals surface area contributed by atoms with Gasteiger partial charge in [-0.1, -0.05) is 32.0 Å². The Labute approximate surface area is 156 Å². The van der Waals surface area contributed by atoms with E-state index in [1.54, 1.807) is 24.3 Å². The Balaban J connectivity index is 2.09. The summed E-state index contributed by atoms with van der Waals surface area (Å²) in [6, 6.07) is 6.95. The summed E-state index contributed by atoms with van der Waals surface area (Å²) in [6.45, 7) is 3.88. The fourth-order valence-corrected chi connectivity index (χ4v) is 4.36. The number of carbonyl (C=O) groups excluding carboxylic acids is 3. The Hall–Kier alpha value is -3.09. The minimum atomic E-state index is -1.71. The number of hydrogen-bond acceptors (Lipinski definition) is 7. The van der Waals surface area contributed by atoms with Crippen LogP contribution in [0.4, 0.5) is 5.69 Å². The van der Waals surface area contributed by atoms with Gasteiger partial charge < -0.3 is 20.5 Å². The second-order valence-electron chi connectivity index (χ2n) is 7.83. The molecule has 2 heterocycles. The molecule has 0 fully saturated rings. The number of nitrogens with two attached hydrogens (primary N) is 1. The summed E-state index contributed by atoms with van der Waals surface area (Å²) < 4.78 is 10.5. The number of nitrogens with one attached hydrogen (secondary N) is 1. The number of methoxy groups -OCH3 is 1. The molecule has 3 aliphatic rings. The minimum Gasteiger partial charge on any atom is -0.466 e. The lowest BCUT2D eigenvalue weighted by Crippen LogP contribution is -2.48. The predicted molar refractivity (Wildman–Crippen MR) is 96.1 cm³/mol. The van der Waals surface area contributed by atoms with Crippen molar-refractivity contribution in [2.75, 3.05) is 12.4 Å². The molecule has 1 aromatic carbocycles. The van der Waals surface area contributed by atoms with Crippen molar-refractivity contribution in [3.05, 3.63) is 52.6 Å². The summed E-state index contributed by atoms with van der Waals surface area (Å²) in [5.74, 6) is -1.41. The third-order valence-electron chi connectivity index (χ3n) is 5.37. The van der Waals surface area contributed by atoms with Crippen LogP contribution in [0.25, 0.3) is 0 Å². The lowest BCUT2D eigenvalue weighted by atomic mass is 9.62. The smallest absolute Gasteiger partial charge is 0.339 e. The zero-order valence-electron chi connectivity index (χ0n) is 15.3. The van der Waals surface area contributed by atoms with Crippen LogP contribution in [0.3, 0.4) is 0 Å². The van der Waals surface area contributed by atoms with Crippen LogP contribution >= 0.6 is 0 Å². The van der Waals surface area contributed by atoms with Gasteiger partial charge in [-0.05, 0) is 11.5 Å². The van der Waals surface area contributed by atoms with Gasteiger partial charge in [0.15, 0.2) is 11.2 Å². The molecule has 0 radical (unpaired) electrons. The molecular formula is C20H20N2O5. The molecule has 1 atom stereocenters. The normalized spacial score (nSPS) is 25.7. The van der Waals surface area contributed by atoms with Crippen LogP contribution in [0.15, 0.2) is 47.0 Å². The Bertz CT molecular complexity index is 972. The van der Waals surface area contributed by atoms with E-state index < -0.39 is 17.4 Å². The van der Waals surface area contributed by atoms with E-state index in [0.29, 0.717) is 23.4 Å². The van der Waals surface area contributed by atoms with Crippen LogP contribution in [-0.4, -0.2) is 24.8 Å². The fraction of sp³-hybridized carbons (Fsp3) is 0.350. The van der Waals surface area contributed by atoms with E-state index in [9.17, 15) is 14.4 Å². The maximum absolute atomic E-state index is 13.3. The highest BCUT2D eigenvalue weighted by molar-refractivity contribution is 6.18. The Morgan fingerprint density at radius 1 is 1.22 bits per heavy atom. The predicted octanol–water partition coefficient (Wildman–Crippen LogP) is 1.89. The molecule has 0 unspecified atom stereocenters. The lowest BCUT2D eigenvalue weighted by molar-refractivity contribution is -0.145. The number of rotatable bonds is 1. The Morgan fingerprint density at radius 3 is 2.63 bits per heavy atom. The first-order chi connectivity index (χ1) is 12.7. The van der Waals surface area contributed by atoms with Crippen molar-refractivity contribution in [1.29, 1.82) is 0 Å². The largest absolute Gasteiger partial charge is 0.466 e. The molecule has 7 nitrogen and oxygen atoms in total. The van der Waals surface area contributed by atoms with Crippen molar-refractivity contribution in [3.8, 4) is 0 Å². The van der Waals surface area contributed by atoms with Crippen LogP contribution in [0.5, 0.6) is 0 Å². The summed E-state index contributed by atoms with van der Waals surface area (Å²) in [5.41, 5.74) is 5.19. The van der Waals surface area contributed by atoms with Gasteiger partial charge in [0.25, 0.3) is 0 Å². The number of allylic oxidation sites excluding steroid dienone is 1. The summed E-state index contributed by atoms with van der Waals surface area (Å²) in [5, 5.41) is 2.94.